The third-order valence-corrected chi connectivity index (χ3v) is 7.17. The van der Waals surface area contributed by atoms with Crippen molar-refractivity contribution in [3.63, 3.8) is 0 Å². The number of rotatable bonds is 22. The molecule has 5 amide bonds. The van der Waals surface area contributed by atoms with Gasteiger partial charge in [-0.15, -0.1) is 0 Å². The molecule has 0 heterocycles. The van der Waals surface area contributed by atoms with Crippen molar-refractivity contribution < 1.29 is 58.4 Å². The molecule has 0 aromatic heterocycles. The molecule has 20 nitrogen and oxygen atoms in total. The molecule has 0 aliphatic heterocycles. The lowest BCUT2D eigenvalue weighted by Crippen LogP contribution is -2.60. The summed E-state index contributed by atoms with van der Waals surface area (Å²) in [6.45, 7) is 3.70. The largest absolute Gasteiger partial charge is 0.481 e. The maximum absolute atomic E-state index is 13.8. The molecule has 5 atom stereocenters. The molecule has 20 heteroatoms. The van der Waals surface area contributed by atoms with Crippen LogP contribution in [0.4, 0.5) is 0 Å². The van der Waals surface area contributed by atoms with Crippen LogP contribution in [0.15, 0.2) is 23.2 Å². The molecule has 13 N–H and O–H groups in total. The number of benzene rings is 1. The molecule has 1 aromatic carbocycles. The lowest BCUT2D eigenvalue weighted by molar-refractivity contribution is -0.141. The Kier molecular flexibility index (Phi) is 17.2. The van der Waals surface area contributed by atoms with E-state index in [0.29, 0.717) is 6.42 Å². The summed E-state index contributed by atoms with van der Waals surface area (Å²) < 4.78 is 5.02. The number of nitrogens with one attached hydrogen (secondary N) is 4. The summed E-state index contributed by atoms with van der Waals surface area (Å²) in [5.41, 5.74) is 15.7. The van der Waals surface area contributed by atoms with E-state index in [9.17, 15) is 48.6 Å². The van der Waals surface area contributed by atoms with Crippen LogP contribution >= 0.6 is 0 Å². The number of aliphatic carboxylic acids is 2. The Bertz CT molecular complexity index is 1450. The van der Waals surface area contributed by atoms with E-state index in [0.717, 1.165) is 19.1 Å². The van der Waals surface area contributed by atoms with Gasteiger partial charge in [0.25, 0.3) is 0 Å². The quantitative estimate of drug-likeness (QED) is 0.0336. The summed E-state index contributed by atoms with van der Waals surface area (Å²) >= 11 is 0. The van der Waals surface area contributed by atoms with Gasteiger partial charge in [-0.05, 0) is 36.5 Å². The second-order valence-electron chi connectivity index (χ2n) is 11.2. The summed E-state index contributed by atoms with van der Waals surface area (Å²) in [6.07, 6.45) is -0.604. The van der Waals surface area contributed by atoms with E-state index in [1.807, 2.05) is 0 Å². The van der Waals surface area contributed by atoms with Crippen LogP contribution in [0.5, 0.6) is 5.75 Å². The van der Waals surface area contributed by atoms with Gasteiger partial charge in [0.1, 0.15) is 35.5 Å². The number of carbonyl (C=O) groups is 8. The SMILES string of the molecule is CC[C@@H](C)[C@H](NC(=O)C(Cc1ccc(OCC(=O)O)c(C(=O)O)c1)NC(=O)[C@H](CC(=O)O)NC(C)=O)C(=O)N[C@@H](CCCN=C(N)N)C(N)=O. The van der Waals surface area contributed by atoms with Gasteiger partial charge in [0.05, 0.1) is 6.42 Å². The molecule has 0 bridgehead atoms. The van der Waals surface area contributed by atoms with Crippen LogP contribution in [0.2, 0.25) is 0 Å². The van der Waals surface area contributed by atoms with Crippen molar-refractivity contribution in [1.29, 1.82) is 0 Å². The Morgan fingerprint density at radius 3 is 1.98 bits per heavy atom. The molecular formula is C30H44N8O12. The van der Waals surface area contributed by atoms with Gasteiger partial charge in [-0.2, -0.15) is 0 Å². The highest BCUT2D eigenvalue weighted by atomic mass is 16.5. The number of aromatic carboxylic acids is 1. The van der Waals surface area contributed by atoms with Crippen molar-refractivity contribution in [2.75, 3.05) is 13.2 Å². The molecule has 0 radical (unpaired) electrons. The molecule has 1 rings (SSSR count). The molecule has 0 saturated carbocycles. The van der Waals surface area contributed by atoms with E-state index in [2.05, 4.69) is 26.3 Å². The molecule has 0 saturated heterocycles. The number of primary amides is 1. The second-order valence-corrected chi connectivity index (χ2v) is 11.2. The zero-order chi connectivity index (χ0) is 38.1. The highest BCUT2D eigenvalue weighted by Crippen LogP contribution is 2.22. The summed E-state index contributed by atoms with van der Waals surface area (Å²) in [7, 11) is 0. The monoisotopic (exact) mass is 708 g/mol. The van der Waals surface area contributed by atoms with Crippen molar-refractivity contribution >= 4 is 53.4 Å². The fraction of sp³-hybridized carbons (Fsp3) is 0.500. The lowest BCUT2D eigenvalue weighted by Gasteiger charge is -2.28. The number of aliphatic imine (C=N–C) groups is 1. The number of guanidine groups is 1. The van der Waals surface area contributed by atoms with E-state index in [1.165, 1.54) is 6.07 Å². The molecule has 0 spiro atoms. The van der Waals surface area contributed by atoms with Crippen molar-refractivity contribution in [3.8, 4) is 5.75 Å². The number of amides is 5. The smallest absolute Gasteiger partial charge is 0.341 e. The predicted molar refractivity (Wildman–Crippen MR) is 174 cm³/mol. The number of hydrogen-bond acceptors (Lipinski definition) is 10. The van der Waals surface area contributed by atoms with E-state index < -0.39 is 103 Å². The van der Waals surface area contributed by atoms with Crippen molar-refractivity contribution in [2.24, 2.45) is 28.1 Å². The molecule has 0 aliphatic carbocycles. The molecule has 1 unspecified atom stereocenters. The highest BCUT2D eigenvalue weighted by molar-refractivity contribution is 5.96. The van der Waals surface area contributed by atoms with Gasteiger partial charge in [-0.3, -0.25) is 33.8 Å². The standard InChI is InChI=1S/C30H44N8O12/c1-4-14(2)24(28(47)36-18(25(31)44)6-5-9-34-30(32)33)38-27(46)19(37-26(45)20(12-22(40)41)35-15(3)39)11-16-7-8-21(50-13-23(42)43)17(10-16)29(48)49/h7-8,10,14,18-20,24H,4-6,9,11-13H2,1-3H3,(H2,31,44)(H,35,39)(H,36,47)(H,37,45)(H,38,46)(H,40,41)(H,42,43)(H,48,49)(H4,32,33,34)/t14-,18+,19?,20+,24+/m1/s1. The molecule has 0 fully saturated rings. The molecule has 50 heavy (non-hydrogen) atoms. The van der Waals surface area contributed by atoms with Crippen LogP contribution in [0.3, 0.4) is 0 Å². The minimum absolute atomic E-state index is 0.0594. The molecular weight excluding hydrogens is 664 g/mol. The normalized spacial score (nSPS) is 13.6. The van der Waals surface area contributed by atoms with Gasteiger partial charge < -0.3 is 58.5 Å². The Morgan fingerprint density at radius 2 is 1.46 bits per heavy atom. The summed E-state index contributed by atoms with van der Waals surface area (Å²) in [6, 6.07) is -2.14. The number of ether oxygens (including phenoxy) is 1. The minimum Gasteiger partial charge on any atom is -0.481 e. The molecule has 0 aliphatic rings. The zero-order valence-electron chi connectivity index (χ0n) is 27.8. The number of carboxylic acid groups (broad SMARTS) is 3. The zero-order valence-corrected chi connectivity index (χ0v) is 27.8. The van der Waals surface area contributed by atoms with E-state index in [-0.39, 0.29) is 36.7 Å². The van der Waals surface area contributed by atoms with Gasteiger partial charge in [0, 0.05) is 19.9 Å². The second kappa shape index (κ2) is 20.4. The Hall–Kier alpha value is -5.95. The fourth-order valence-electron chi connectivity index (χ4n) is 4.49. The maximum atomic E-state index is 13.8. The number of carbonyl (C=O) groups excluding carboxylic acids is 5. The van der Waals surface area contributed by atoms with E-state index >= 15 is 0 Å². The first-order valence-electron chi connectivity index (χ1n) is 15.3. The van der Waals surface area contributed by atoms with Crippen molar-refractivity contribution in [3.05, 3.63) is 29.3 Å². The predicted octanol–water partition coefficient (Wildman–Crippen LogP) is -2.59. The number of nitrogens with two attached hydrogens (primary N) is 3. The van der Waals surface area contributed by atoms with Gasteiger partial charge in [-0.25, -0.2) is 9.59 Å². The Labute approximate surface area is 286 Å². The lowest BCUT2D eigenvalue weighted by atomic mass is 9.96. The van der Waals surface area contributed by atoms with Gasteiger partial charge in [0.15, 0.2) is 12.6 Å². The fourth-order valence-corrected chi connectivity index (χ4v) is 4.49. The minimum atomic E-state index is -1.62. The topological polar surface area (TPSA) is 345 Å². The van der Waals surface area contributed by atoms with Crippen LogP contribution in [-0.2, 0) is 40.0 Å². The van der Waals surface area contributed by atoms with Crippen LogP contribution < -0.4 is 43.2 Å². The summed E-state index contributed by atoms with van der Waals surface area (Å²) in [4.78, 5) is 102. The van der Waals surface area contributed by atoms with Crippen molar-refractivity contribution in [1.82, 2.24) is 21.3 Å². The number of hydrogen-bond donors (Lipinski definition) is 10. The maximum Gasteiger partial charge on any atom is 0.341 e. The van der Waals surface area contributed by atoms with Gasteiger partial charge >= 0.3 is 17.9 Å². The first-order valence-corrected chi connectivity index (χ1v) is 15.3. The van der Waals surface area contributed by atoms with Gasteiger partial charge in [0.2, 0.25) is 29.5 Å². The third kappa shape index (κ3) is 14.9. The average molecular weight is 709 g/mol. The average Bonchev–Trinajstić information content (AvgIpc) is 3.02. The first-order chi connectivity index (χ1) is 23.4. The number of carboxylic acids is 3. The first kappa shape index (κ1) is 42.1. The summed E-state index contributed by atoms with van der Waals surface area (Å²) in [5, 5.41) is 37.4. The molecule has 276 valence electrons. The van der Waals surface area contributed by atoms with E-state index in [4.69, 9.17) is 27.0 Å². The summed E-state index contributed by atoms with van der Waals surface area (Å²) in [5.74, 6) is -9.78. The van der Waals surface area contributed by atoms with Crippen LogP contribution in [0, 0.1) is 5.92 Å². The van der Waals surface area contributed by atoms with Crippen LogP contribution in [0.25, 0.3) is 0 Å². The van der Waals surface area contributed by atoms with Crippen LogP contribution in [-0.4, -0.2) is 106 Å². The Balaban J connectivity index is 3.49. The highest BCUT2D eigenvalue weighted by Gasteiger charge is 2.34. The van der Waals surface area contributed by atoms with Crippen molar-refractivity contribution in [2.45, 2.75) is 77.0 Å². The van der Waals surface area contributed by atoms with Gasteiger partial charge in [-0.1, -0.05) is 26.3 Å². The Morgan fingerprint density at radius 1 is 0.840 bits per heavy atom. The number of nitrogens with zero attached hydrogens (tertiary/aromatic N) is 1. The van der Waals surface area contributed by atoms with E-state index in [1.54, 1.807) is 13.8 Å². The van der Waals surface area contributed by atoms with Crippen LogP contribution in [0.1, 0.15) is 62.4 Å². The third-order valence-electron chi connectivity index (χ3n) is 7.17. The molecule has 1 aromatic rings.